The number of nitrogens with two attached hydrogens (primary N) is 1. The number of likely N-dealkylation sites (tertiary alicyclic amines) is 1. The molecule has 40 heavy (non-hydrogen) atoms. The number of fused-ring (bicyclic) bond motifs is 1. The van der Waals surface area contributed by atoms with E-state index in [1.165, 1.54) is 0 Å². The maximum Gasteiger partial charge on any atom is 0.320 e. The predicted molar refractivity (Wildman–Crippen MR) is 162 cm³/mol. The molecule has 0 bridgehead atoms. The first-order valence-electron chi connectivity index (χ1n) is 13.0. The molecule has 10 nitrogen and oxygen atoms in total. The first-order chi connectivity index (χ1) is 18.1. The first-order valence-corrected chi connectivity index (χ1v) is 13.0. The fourth-order valence-corrected chi connectivity index (χ4v) is 4.95. The molecule has 1 saturated heterocycles. The number of aryl methyl sites for hydroxylation is 1. The molecule has 2 heterocycles. The summed E-state index contributed by atoms with van der Waals surface area (Å²) in [5.41, 5.74) is 8.56. The van der Waals surface area contributed by atoms with Crippen LogP contribution in [0.3, 0.4) is 0 Å². The number of nitrogens with zero attached hydrogens (tertiary/aromatic N) is 4. The second kappa shape index (κ2) is 13.8. The van der Waals surface area contributed by atoms with Gasteiger partial charge in [-0.15, -0.1) is 24.8 Å². The minimum atomic E-state index is -1.06. The van der Waals surface area contributed by atoms with E-state index in [0.717, 1.165) is 54.0 Å². The van der Waals surface area contributed by atoms with Crippen LogP contribution in [0.2, 0.25) is 0 Å². The summed E-state index contributed by atoms with van der Waals surface area (Å²) in [4.78, 5) is 34.7. The van der Waals surface area contributed by atoms with Crippen molar-refractivity contribution in [2.45, 2.75) is 38.8 Å². The molecular weight excluding hydrogens is 553 g/mol. The molecule has 1 fully saturated rings. The Hall–Kier alpha value is -3.34. The molecule has 0 saturated carbocycles. The number of carbonyl (C=O) groups is 2. The summed E-state index contributed by atoms with van der Waals surface area (Å²) in [5, 5.41) is 10.9. The molecule has 1 aliphatic heterocycles. The monoisotopic (exact) mass is 591 g/mol. The van der Waals surface area contributed by atoms with Gasteiger partial charge in [-0.2, -0.15) is 0 Å². The predicted octanol–water partition coefficient (Wildman–Crippen LogP) is 3.65. The van der Waals surface area contributed by atoms with Gasteiger partial charge in [0.15, 0.2) is 0 Å². The fourth-order valence-electron chi connectivity index (χ4n) is 4.95. The molecule has 1 amide bonds. The number of anilines is 1. The normalized spacial score (nSPS) is 14.3. The zero-order chi connectivity index (χ0) is 27.4. The van der Waals surface area contributed by atoms with Crippen molar-refractivity contribution < 1.29 is 14.3 Å². The van der Waals surface area contributed by atoms with Crippen molar-refractivity contribution in [3.05, 3.63) is 59.4 Å². The molecule has 1 atom stereocenters. The highest BCUT2D eigenvalue weighted by atomic mass is 35.5. The van der Waals surface area contributed by atoms with E-state index in [0.29, 0.717) is 18.7 Å². The van der Waals surface area contributed by atoms with Crippen molar-refractivity contribution in [1.29, 1.82) is 5.41 Å². The number of hydrogen-bond donors (Lipinski definition) is 3. The number of imidazole rings is 1. The van der Waals surface area contributed by atoms with Gasteiger partial charge in [0.2, 0.25) is 5.91 Å². The van der Waals surface area contributed by atoms with Crippen LogP contribution in [0.1, 0.15) is 43.6 Å². The number of aromatic nitrogens is 2. The number of halogens is 2. The third-order valence-electron chi connectivity index (χ3n) is 7.43. The summed E-state index contributed by atoms with van der Waals surface area (Å²) in [6.07, 6.45) is 1.97. The van der Waals surface area contributed by atoms with Crippen LogP contribution in [-0.2, 0) is 33.5 Å². The third kappa shape index (κ3) is 6.68. The molecule has 1 unspecified atom stereocenters. The zero-order valence-electron chi connectivity index (χ0n) is 23.4. The smallest absolute Gasteiger partial charge is 0.320 e. The number of hydrogen-bond acceptors (Lipinski definition) is 7. The number of amides is 1. The van der Waals surface area contributed by atoms with E-state index in [2.05, 4.69) is 5.32 Å². The zero-order valence-corrected chi connectivity index (χ0v) is 25.0. The molecule has 12 heteroatoms. The van der Waals surface area contributed by atoms with Crippen LogP contribution in [0.15, 0.2) is 42.5 Å². The quantitative estimate of drug-likeness (QED) is 0.186. The highest BCUT2D eigenvalue weighted by Gasteiger charge is 2.43. The van der Waals surface area contributed by atoms with E-state index >= 15 is 0 Å². The summed E-state index contributed by atoms with van der Waals surface area (Å²) < 4.78 is 7.20. The summed E-state index contributed by atoms with van der Waals surface area (Å²) >= 11 is 0. The molecule has 0 radical (unpaired) electrons. The number of nitrogen functional groups attached to an aromatic ring is 1. The first kappa shape index (κ1) is 32.9. The lowest BCUT2D eigenvalue weighted by molar-refractivity contribution is -0.150. The topological polar surface area (TPSA) is 130 Å². The summed E-state index contributed by atoms with van der Waals surface area (Å²) in [6, 6.07) is 13.3. The van der Waals surface area contributed by atoms with Crippen molar-refractivity contribution in [3.8, 4) is 0 Å². The van der Waals surface area contributed by atoms with E-state index in [1.807, 2.05) is 53.8 Å². The molecule has 4 N–H and O–H groups in total. The minimum Gasteiger partial charge on any atom is -0.465 e. The summed E-state index contributed by atoms with van der Waals surface area (Å²) in [5.74, 6) is 0.484. The van der Waals surface area contributed by atoms with Gasteiger partial charge in [-0.3, -0.25) is 19.9 Å². The summed E-state index contributed by atoms with van der Waals surface area (Å²) in [6.45, 7) is 5.88. The standard InChI is InChI=1S/C28H37N7O3.2ClH/c1-5-38-25(36)18-33(3)28(2,27(37)35-14-6-7-15-35)20-10-13-23-22(16-20)32-24(34(23)4)17-31-21-11-8-19(9-12-21)26(29)30;;/h8-13,16,31H,5-7,14-15,17-18H2,1-4H3,(H3,29,30);2*1H. The van der Waals surface area contributed by atoms with Gasteiger partial charge in [0.05, 0.1) is 30.7 Å². The van der Waals surface area contributed by atoms with Crippen LogP contribution in [-0.4, -0.2) is 70.4 Å². The Balaban J connectivity index is 0.00000280. The number of nitrogens with one attached hydrogen (secondary N) is 2. The average molecular weight is 593 g/mol. The van der Waals surface area contributed by atoms with Gasteiger partial charge in [-0.1, -0.05) is 6.07 Å². The number of likely N-dealkylation sites (N-methyl/N-ethyl adjacent to an activating group) is 1. The van der Waals surface area contributed by atoms with Gasteiger partial charge in [0.25, 0.3) is 0 Å². The second-order valence-electron chi connectivity index (χ2n) is 9.87. The molecule has 1 aliphatic rings. The van der Waals surface area contributed by atoms with Crippen LogP contribution in [0.5, 0.6) is 0 Å². The molecular formula is C28H39Cl2N7O3. The number of amidine groups is 1. The number of rotatable bonds is 10. The number of esters is 1. The lowest BCUT2D eigenvalue weighted by Crippen LogP contribution is -2.55. The van der Waals surface area contributed by atoms with Crippen molar-refractivity contribution in [2.24, 2.45) is 12.8 Å². The van der Waals surface area contributed by atoms with Gasteiger partial charge in [0.1, 0.15) is 17.2 Å². The second-order valence-corrected chi connectivity index (χ2v) is 9.87. The van der Waals surface area contributed by atoms with Crippen LogP contribution in [0, 0.1) is 5.41 Å². The lowest BCUT2D eigenvalue weighted by Gasteiger charge is -2.40. The molecule has 0 spiro atoms. The Morgan fingerprint density at radius 3 is 2.40 bits per heavy atom. The Morgan fingerprint density at radius 1 is 1.15 bits per heavy atom. The van der Waals surface area contributed by atoms with Crippen molar-refractivity contribution >= 4 is 59.2 Å². The fraction of sp³-hybridized carbons (Fsp3) is 0.429. The van der Waals surface area contributed by atoms with Gasteiger partial charge in [-0.05, 0) is 75.7 Å². The van der Waals surface area contributed by atoms with Gasteiger partial charge in [0, 0.05) is 31.4 Å². The van der Waals surface area contributed by atoms with Crippen LogP contribution in [0.4, 0.5) is 5.69 Å². The van der Waals surface area contributed by atoms with Crippen molar-refractivity contribution in [2.75, 3.05) is 38.6 Å². The highest BCUT2D eigenvalue weighted by molar-refractivity contribution is 5.95. The number of carbonyl (C=O) groups excluding carboxylic acids is 2. The Labute approximate surface area is 247 Å². The van der Waals surface area contributed by atoms with Crippen molar-refractivity contribution in [1.82, 2.24) is 19.4 Å². The van der Waals surface area contributed by atoms with Gasteiger partial charge < -0.3 is 25.3 Å². The molecule has 3 aromatic rings. The Bertz CT molecular complexity index is 1340. The number of benzene rings is 2. The molecule has 218 valence electrons. The Kier molecular flexibility index (Phi) is 11.4. The van der Waals surface area contributed by atoms with E-state index in [9.17, 15) is 9.59 Å². The molecule has 1 aromatic heterocycles. The molecule has 0 aliphatic carbocycles. The van der Waals surface area contributed by atoms with E-state index in [1.54, 1.807) is 31.0 Å². The van der Waals surface area contributed by atoms with E-state index < -0.39 is 5.54 Å². The molecule has 4 rings (SSSR count). The minimum absolute atomic E-state index is 0. The van der Waals surface area contributed by atoms with E-state index in [-0.39, 0.29) is 49.1 Å². The maximum atomic E-state index is 13.9. The van der Waals surface area contributed by atoms with Gasteiger partial charge >= 0.3 is 5.97 Å². The van der Waals surface area contributed by atoms with Crippen LogP contribution < -0.4 is 11.1 Å². The maximum absolute atomic E-state index is 13.9. The highest BCUT2D eigenvalue weighted by Crippen LogP contribution is 2.33. The number of ether oxygens (including phenoxy) is 1. The van der Waals surface area contributed by atoms with Gasteiger partial charge in [-0.25, -0.2) is 4.98 Å². The third-order valence-corrected chi connectivity index (χ3v) is 7.43. The lowest BCUT2D eigenvalue weighted by atomic mass is 9.88. The SMILES string of the molecule is CCOC(=O)CN(C)C(C)(C(=O)N1CCCC1)c1ccc2c(c1)nc(CNc1ccc(C(=N)N)cc1)n2C.Cl.Cl. The largest absolute Gasteiger partial charge is 0.465 e. The average Bonchev–Trinajstić information content (AvgIpc) is 3.55. The van der Waals surface area contributed by atoms with Crippen LogP contribution >= 0.6 is 24.8 Å². The van der Waals surface area contributed by atoms with Crippen molar-refractivity contribution in [3.63, 3.8) is 0 Å². The Morgan fingerprint density at radius 2 is 1.80 bits per heavy atom. The summed E-state index contributed by atoms with van der Waals surface area (Å²) in [7, 11) is 3.76. The van der Waals surface area contributed by atoms with Crippen LogP contribution in [0.25, 0.3) is 11.0 Å². The van der Waals surface area contributed by atoms with E-state index in [4.69, 9.17) is 20.9 Å². The molecule has 2 aromatic carbocycles.